The number of hydrogen-bond acceptors (Lipinski definition) is 3. The Morgan fingerprint density at radius 1 is 1.47 bits per heavy atom. The number of carbonyl (C=O) groups is 1. The smallest absolute Gasteiger partial charge is 0.325 e. The first-order chi connectivity index (χ1) is 7.99. The maximum Gasteiger partial charge on any atom is 0.325 e. The van der Waals surface area contributed by atoms with Crippen LogP contribution in [0.3, 0.4) is 0 Å². The molecule has 3 N–H and O–H groups in total. The molecule has 0 aliphatic carbocycles. The van der Waals surface area contributed by atoms with E-state index in [1.54, 1.807) is 0 Å². The average molecular weight is 242 g/mol. The summed E-state index contributed by atoms with van der Waals surface area (Å²) in [5, 5.41) is 9.07. The predicted octanol–water partition coefficient (Wildman–Crippen LogP) is 1.83. The molecule has 17 heavy (non-hydrogen) atoms. The van der Waals surface area contributed by atoms with Crippen molar-refractivity contribution in [2.24, 2.45) is 5.73 Å². The van der Waals surface area contributed by atoms with Crippen LogP contribution in [-0.4, -0.2) is 40.6 Å². The van der Waals surface area contributed by atoms with E-state index in [1.165, 1.54) is 25.7 Å². The lowest BCUT2D eigenvalue weighted by atomic mass is 10.0. The molecule has 0 aromatic carbocycles. The van der Waals surface area contributed by atoms with Crippen LogP contribution in [-0.2, 0) is 4.79 Å². The molecule has 4 nitrogen and oxygen atoms in total. The number of unbranched alkanes of at least 4 members (excludes halogenated alkanes) is 3. The minimum Gasteiger partial charge on any atom is -0.480 e. The van der Waals surface area contributed by atoms with Gasteiger partial charge in [-0.1, -0.05) is 32.6 Å². The lowest BCUT2D eigenvalue weighted by Crippen LogP contribution is -2.50. The van der Waals surface area contributed by atoms with Crippen LogP contribution in [0.5, 0.6) is 0 Å². The van der Waals surface area contributed by atoms with E-state index >= 15 is 0 Å². The van der Waals surface area contributed by atoms with Crippen LogP contribution < -0.4 is 5.73 Å². The first kappa shape index (κ1) is 14.5. The largest absolute Gasteiger partial charge is 0.480 e. The Morgan fingerprint density at radius 2 is 2.18 bits per heavy atom. The van der Waals surface area contributed by atoms with Gasteiger partial charge in [-0.15, -0.1) is 0 Å². The Labute approximate surface area is 104 Å². The standard InChI is InChI=1S/C13H26N2O2/c1-3-4-5-6-7-11(2)15-9-8-13(14,10-15)12(16)17/h11H,3-10,14H2,1-2H3,(H,16,17). The maximum absolute atomic E-state index is 11.0. The molecule has 1 heterocycles. The Morgan fingerprint density at radius 3 is 2.71 bits per heavy atom. The van der Waals surface area contributed by atoms with Crippen LogP contribution in [0, 0.1) is 0 Å². The van der Waals surface area contributed by atoms with E-state index in [1.807, 2.05) is 0 Å². The average Bonchev–Trinajstić information content (AvgIpc) is 2.69. The zero-order chi connectivity index (χ0) is 12.9. The lowest BCUT2D eigenvalue weighted by Gasteiger charge is -2.25. The van der Waals surface area contributed by atoms with Gasteiger partial charge in [0.25, 0.3) is 0 Å². The third kappa shape index (κ3) is 3.96. The molecule has 1 aliphatic rings. The predicted molar refractivity (Wildman–Crippen MR) is 69.0 cm³/mol. The third-order valence-electron chi connectivity index (χ3n) is 3.86. The Hall–Kier alpha value is -0.610. The second-order valence-electron chi connectivity index (χ2n) is 5.38. The highest BCUT2D eigenvalue weighted by molar-refractivity contribution is 5.79. The van der Waals surface area contributed by atoms with Gasteiger partial charge in [0.15, 0.2) is 0 Å². The van der Waals surface area contributed by atoms with Crippen LogP contribution in [0.1, 0.15) is 52.4 Å². The van der Waals surface area contributed by atoms with E-state index in [0.717, 1.165) is 13.0 Å². The van der Waals surface area contributed by atoms with Gasteiger partial charge in [-0.3, -0.25) is 9.69 Å². The number of likely N-dealkylation sites (tertiary alicyclic amines) is 1. The molecule has 2 atom stereocenters. The number of aliphatic carboxylic acids is 1. The summed E-state index contributed by atoms with van der Waals surface area (Å²) in [6, 6.07) is 0.455. The van der Waals surface area contributed by atoms with Gasteiger partial charge in [0, 0.05) is 19.1 Å². The Kier molecular flexibility index (Phi) is 5.40. The van der Waals surface area contributed by atoms with Gasteiger partial charge in [-0.2, -0.15) is 0 Å². The van der Waals surface area contributed by atoms with Crippen molar-refractivity contribution in [3.63, 3.8) is 0 Å². The normalized spacial score (nSPS) is 27.2. The maximum atomic E-state index is 11.0. The Balaban J connectivity index is 2.30. The van der Waals surface area contributed by atoms with Gasteiger partial charge < -0.3 is 10.8 Å². The summed E-state index contributed by atoms with van der Waals surface area (Å²) in [7, 11) is 0. The molecule has 0 spiro atoms. The van der Waals surface area contributed by atoms with Crippen LogP contribution in [0.25, 0.3) is 0 Å². The van der Waals surface area contributed by atoms with Gasteiger partial charge >= 0.3 is 5.97 Å². The lowest BCUT2D eigenvalue weighted by molar-refractivity contribution is -0.142. The van der Waals surface area contributed by atoms with Gasteiger partial charge in [-0.25, -0.2) is 0 Å². The molecule has 0 radical (unpaired) electrons. The minimum atomic E-state index is -1.02. The van der Waals surface area contributed by atoms with Gasteiger partial charge in [-0.05, 0) is 19.8 Å². The molecule has 4 heteroatoms. The van der Waals surface area contributed by atoms with Crippen LogP contribution in [0.15, 0.2) is 0 Å². The summed E-state index contributed by atoms with van der Waals surface area (Å²) in [5.41, 5.74) is 4.85. The van der Waals surface area contributed by atoms with Crippen LogP contribution in [0.2, 0.25) is 0 Å². The molecule has 2 unspecified atom stereocenters. The Bertz CT molecular complexity index is 258. The second kappa shape index (κ2) is 6.36. The molecular weight excluding hydrogens is 216 g/mol. The monoisotopic (exact) mass is 242 g/mol. The zero-order valence-corrected chi connectivity index (χ0v) is 11.1. The van der Waals surface area contributed by atoms with Crippen LogP contribution in [0.4, 0.5) is 0 Å². The van der Waals surface area contributed by atoms with Crippen molar-refractivity contribution in [2.75, 3.05) is 13.1 Å². The number of nitrogens with two attached hydrogens (primary N) is 1. The topological polar surface area (TPSA) is 66.6 Å². The molecule has 1 rings (SSSR count). The molecule has 0 bridgehead atoms. The van der Waals surface area contributed by atoms with E-state index in [-0.39, 0.29) is 0 Å². The fourth-order valence-electron chi connectivity index (χ4n) is 2.46. The number of rotatable bonds is 7. The van der Waals surface area contributed by atoms with Crippen molar-refractivity contribution in [3.05, 3.63) is 0 Å². The number of carboxylic acid groups (broad SMARTS) is 1. The highest BCUT2D eigenvalue weighted by atomic mass is 16.4. The van der Waals surface area contributed by atoms with E-state index in [4.69, 9.17) is 10.8 Å². The molecule has 0 aromatic rings. The van der Waals surface area contributed by atoms with E-state index < -0.39 is 11.5 Å². The van der Waals surface area contributed by atoms with Crippen molar-refractivity contribution >= 4 is 5.97 Å². The number of carboxylic acids is 1. The molecule has 1 saturated heterocycles. The van der Waals surface area contributed by atoms with E-state index in [0.29, 0.717) is 19.0 Å². The molecule has 1 fully saturated rings. The van der Waals surface area contributed by atoms with Crippen molar-refractivity contribution < 1.29 is 9.90 Å². The summed E-state index contributed by atoms with van der Waals surface area (Å²) in [6.07, 6.45) is 6.78. The SMILES string of the molecule is CCCCCCC(C)N1CCC(N)(C(=O)O)C1. The van der Waals surface area contributed by atoms with Crippen molar-refractivity contribution in [1.82, 2.24) is 4.90 Å². The zero-order valence-electron chi connectivity index (χ0n) is 11.1. The second-order valence-corrected chi connectivity index (χ2v) is 5.38. The number of hydrogen-bond donors (Lipinski definition) is 2. The summed E-state index contributed by atoms with van der Waals surface area (Å²) in [6.45, 7) is 5.70. The van der Waals surface area contributed by atoms with Crippen molar-refractivity contribution in [1.29, 1.82) is 0 Å². The summed E-state index contributed by atoms with van der Waals surface area (Å²) in [4.78, 5) is 13.3. The fourth-order valence-corrected chi connectivity index (χ4v) is 2.46. The highest BCUT2D eigenvalue weighted by Gasteiger charge is 2.42. The summed E-state index contributed by atoms with van der Waals surface area (Å²) >= 11 is 0. The van der Waals surface area contributed by atoms with Crippen molar-refractivity contribution in [2.45, 2.75) is 64.0 Å². The molecule has 1 aliphatic heterocycles. The fraction of sp³-hybridized carbons (Fsp3) is 0.923. The first-order valence-electron chi connectivity index (χ1n) is 6.76. The van der Waals surface area contributed by atoms with Crippen LogP contribution >= 0.6 is 0 Å². The van der Waals surface area contributed by atoms with Crippen molar-refractivity contribution in [3.8, 4) is 0 Å². The summed E-state index contributed by atoms with van der Waals surface area (Å²) < 4.78 is 0. The van der Waals surface area contributed by atoms with Gasteiger partial charge in [0.1, 0.15) is 5.54 Å². The molecule has 0 aromatic heterocycles. The first-order valence-corrected chi connectivity index (χ1v) is 6.76. The molecule has 100 valence electrons. The molecule has 0 amide bonds. The van der Waals surface area contributed by atoms with E-state index in [2.05, 4.69) is 18.7 Å². The van der Waals surface area contributed by atoms with E-state index in [9.17, 15) is 4.79 Å². The van der Waals surface area contributed by atoms with Gasteiger partial charge in [0.2, 0.25) is 0 Å². The number of nitrogens with zero attached hydrogens (tertiary/aromatic N) is 1. The van der Waals surface area contributed by atoms with Gasteiger partial charge in [0.05, 0.1) is 0 Å². The minimum absolute atomic E-state index is 0.455. The highest BCUT2D eigenvalue weighted by Crippen LogP contribution is 2.23. The molecular formula is C13H26N2O2. The quantitative estimate of drug-likeness (QED) is 0.668. The third-order valence-corrected chi connectivity index (χ3v) is 3.86. The molecule has 0 saturated carbocycles. The summed E-state index contributed by atoms with van der Waals surface area (Å²) in [5.74, 6) is -0.863.